The second kappa shape index (κ2) is 6.41. The van der Waals surface area contributed by atoms with E-state index in [9.17, 15) is 14.4 Å². The van der Waals surface area contributed by atoms with Gasteiger partial charge in [0.2, 0.25) is 4.32 Å². The summed E-state index contributed by atoms with van der Waals surface area (Å²) in [6.07, 6.45) is 0.691. The Morgan fingerprint density at radius 2 is 1.57 bits per heavy atom. The molecule has 0 aliphatic rings. The van der Waals surface area contributed by atoms with Crippen LogP contribution in [-0.2, 0) is 28.1 Å². The van der Waals surface area contributed by atoms with Gasteiger partial charge in [0.25, 0.3) is 0 Å². The third-order valence-electron chi connectivity index (χ3n) is 3.39. The van der Waals surface area contributed by atoms with Crippen LogP contribution in [0.4, 0.5) is 4.79 Å². The lowest BCUT2D eigenvalue weighted by molar-refractivity contribution is -0.155. The molecule has 0 fully saturated rings. The molecule has 23 heavy (non-hydrogen) atoms. The molecule has 0 unspecified atom stereocenters. The predicted molar refractivity (Wildman–Crippen MR) is 84.4 cm³/mol. The maximum Gasteiger partial charge on any atom is 0.418 e. The fraction of sp³-hybridized carbons (Fsp3) is 0.267. The van der Waals surface area contributed by atoms with Crippen molar-refractivity contribution < 1.29 is 28.6 Å². The lowest BCUT2D eigenvalue weighted by Gasteiger charge is -2.21. The Morgan fingerprint density at radius 1 is 1.00 bits per heavy atom. The van der Waals surface area contributed by atoms with Crippen molar-refractivity contribution in [3.05, 3.63) is 36.0 Å². The van der Waals surface area contributed by atoms with Crippen LogP contribution < -0.4 is 0 Å². The highest BCUT2D eigenvalue weighted by Gasteiger charge is 2.50. The minimum absolute atomic E-state index is 0.220. The van der Waals surface area contributed by atoms with Gasteiger partial charge >= 0.3 is 18.0 Å². The number of nitrogens with zero attached hydrogens (tertiary/aromatic N) is 1. The minimum Gasteiger partial charge on any atom is -0.467 e. The van der Waals surface area contributed by atoms with Crippen LogP contribution in [0.15, 0.2) is 30.5 Å². The van der Waals surface area contributed by atoms with E-state index >= 15 is 0 Å². The molecule has 1 heterocycles. The van der Waals surface area contributed by atoms with Gasteiger partial charge in [-0.3, -0.25) is 4.57 Å². The molecule has 0 aliphatic heterocycles. The smallest absolute Gasteiger partial charge is 0.418 e. The topological polar surface area (TPSA) is 83.8 Å². The first kappa shape index (κ1) is 17.0. The number of benzene rings is 1. The third-order valence-corrected chi connectivity index (χ3v) is 4.46. The van der Waals surface area contributed by atoms with Gasteiger partial charge in [-0.2, -0.15) is 0 Å². The van der Waals surface area contributed by atoms with Gasteiger partial charge in [0.05, 0.1) is 26.8 Å². The summed E-state index contributed by atoms with van der Waals surface area (Å²) in [5.41, 5.74) is 0.697. The lowest BCUT2D eigenvalue weighted by Crippen LogP contribution is -2.39. The average molecular weight is 384 g/mol. The number of halogens is 1. The molecule has 1 aromatic heterocycles. The first-order valence-electron chi connectivity index (χ1n) is 6.46. The van der Waals surface area contributed by atoms with E-state index < -0.39 is 22.4 Å². The molecule has 122 valence electrons. The van der Waals surface area contributed by atoms with E-state index in [-0.39, 0.29) is 5.56 Å². The fourth-order valence-corrected chi connectivity index (χ4v) is 2.93. The van der Waals surface area contributed by atoms with E-state index in [1.165, 1.54) is 17.9 Å². The number of hydrogen-bond donors (Lipinski definition) is 0. The fourth-order valence-electron chi connectivity index (χ4n) is 2.29. The monoisotopic (exact) mass is 383 g/mol. The van der Waals surface area contributed by atoms with Gasteiger partial charge in [-0.15, -0.1) is 0 Å². The van der Waals surface area contributed by atoms with Crippen molar-refractivity contribution in [3.8, 4) is 0 Å². The van der Waals surface area contributed by atoms with Crippen LogP contribution in [0.3, 0.4) is 0 Å². The minimum atomic E-state index is -1.89. The molecule has 0 saturated carbocycles. The Balaban J connectivity index is 2.82. The summed E-state index contributed by atoms with van der Waals surface area (Å²) in [7, 11) is 3.54. The maximum atomic E-state index is 12.2. The molecule has 8 heteroatoms. The molecule has 7 nitrogen and oxygen atoms in total. The highest BCUT2D eigenvalue weighted by molar-refractivity contribution is 9.10. The number of alkyl halides is 1. The summed E-state index contributed by atoms with van der Waals surface area (Å²) in [4.78, 5) is 36.4. The molecule has 0 aliphatic carbocycles. The van der Waals surface area contributed by atoms with Gasteiger partial charge in [0.15, 0.2) is 0 Å². The number of ether oxygens (including phenoxy) is 3. The molecular weight excluding hydrogens is 370 g/mol. The highest BCUT2D eigenvalue weighted by atomic mass is 79.9. The summed E-state index contributed by atoms with van der Waals surface area (Å²) in [5.74, 6) is -1.73. The van der Waals surface area contributed by atoms with Crippen LogP contribution in [0.1, 0.15) is 5.56 Å². The van der Waals surface area contributed by atoms with Crippen molar-refractivity contribution in [1.29, 1.82) is 0 Å². The first-order valence-corrected chi connectivity index (χ1v) is 7.25. The van der Waals surface area contributed by atoms with Crippen LogP contribution in [0.25, 0.3) is 10.9 Å². The van der Waals surface area contributed by atoms with E-state index in [1.54, 1.807) is 24.3 Å². The highest BCUT2D eigenvalue weighted by Crippen LogP contribution is 2.39. The average Bonchev–Trinajstić information content (AvgIpc) is 2.98. The van der Waals surface area contributed by atoms with E-state index in [0.29, 0.717) is 10.9 Å². The molecule has 0 bridgehead atoms. The van der Waals surface area contributed by atoms with Gasteiger partial charge in [0.1, 0.15) is 0 Å². The van der Waals surface area contributed by atoms with Crippen molar-refractivity contribution in [3.63, 3.8) is 0 Å². The van der Waals surface area contributed by atoms with E-state index in [0.717, 1.165) is 14.2 Å². The van der Waals surface area contributed by atoms with Crippen molar-refractivity contribution in [2.24, 2.45) is 0 Å². The number of rotatable bonds is 3. The number of esters is 2. The summed E-state index contributed by atoms with van der Waals surface area (Å²) in [6, 6.07) is 6.77. The SMILES string of the molecule is COC(=O)n1cc(C(Br)(C(=O)OC)C(=O)OC)c2ccccc21. The molecular formula is C15H14BrNO6. The van der Waals surface area contributed by atoms with Crippen molar-refractivity contribution in [1.82, 2.24) is 4.57 Å². The Bertz CT molecular complexity index is 765. The van der Waals surface area contributed by atoms with Crippen LogP contribution in [-0.4, -0.2) is 43.9 Å². The molecule has 2 rings (SSSR count). The number of aromatic nitrogens is 1. The predicted octanol–water partition coefficient (Wildman–Crippen LogP) is 2.19. The third kappa shape index (κ3) is 2.59. The van der Waals surface area contributed by atoms with Crippen molar-refractivity contribution in [2.45, 2.75) is 4.32 Å². The number of hydrogen-bond acceptors (Lipinski definition) is 6. The largest absolute Gasteiger partial charge is 0.467 e. The van der Waals surface area contributed by atoms with Crippen LogP contribution >= 0.6 is 15.9 Å². The summed E-state index contributed by atoms with van der Waals surface area (Å²) in [6.45, 7) is 0. The van der Waals surface area contributed by atoms with E-state index in [1.807, 2.05) is 0 Å². The molecule has 2 aromatic rings. The van der Waals surface area contributed by atoms with Crippen molar-refractivity contribution in [2.75, 3.05) is 21.3 Å². The maximum absolute atomic E-state index is 12.2. The molecule has 0 radical (unpaired) electrons. The molecule has 1 aromatic carbocycles. The van der Waals surface area contributed by atoms with Crippen LogP contribution in [0.5, 0.6) is 0 Å². The summed E-state index contributed by atoms with van der Waals surface area (Å²) < 4.78 is 13.5. The Labute approximate surface area is 140 Å². The van der Waals surface area contributed by atoms with Gasteiger partial charge < -0.3 is 14.2 Å². The lowest BCUT2D eigenvalue weighted by atomic mass is 9.98. The van der Waals surface area contributed by atoms with Gasteiger partial charge in [-0.05, 0) is 6.07 Å². The van der Waals surface area contributed by atoms with Gasteiger partial charge in [-0.1, -0.05) is 34.1 Å². The van der Waals surface area contributed by atoms with Crippen LogP contribution in [0.2, 0.25) is 0 Å². The Hall–Kier alpha value is -2.35. The van der Waals surface area contributed by atoms with Crippen molar-refractivity contribution >= 4 is 44.9 Å². The quantitative estimate of drug-likeness (QED) is 0.349. The zero-order chi connectivity index (χ0) is 17.2. The number of carbonyl (C=O) groups excluding carboxylic acids is 3. The van der Waals surface area contributed by atoms with Gasteiger partial charge in [-0.25, -0.2) is 14.4 Å². The number of methoxy groups -OCH3 is 3. The zero-order valence-corrected chi connectivity index (χ0v) is 14.2. The number of carbonyl (C=O) groups is 3. The standard InChI is InChI=1S/C15H14BrNO6/c1-21-12(18)15(16,13(19)22-2)10-8-17(14(20)23-3)11-7-5-4-6-9(10)11/h4-8H,1-3H3. The summed E-state index contributed by atoms with van der Waals surface area (Å²) in [5, 5.41) is 0.505. The van der Waals surface area contributed by atoms with Gasteiger partial charge in [0, 0.05) is 17.1 Å². The normalized spacial score (nSPS) is 11.1. The Kier molecular flexibility index (Phi) is 4.74. The second-order valence-corrected chi connectivity index (χ2v) is 5.73. The van der Waals surface area contributed by atoms with Crippen LogP contribution in [0, 0.1) is 0 Å². The molecule has 0 spiro atoms. The number of para-hydroxylation sites is 1. The second-order valence-electron chi connectivity index (χ2n) is 4.54. The molecule has 0 saturated heterocycles. The summed E-state index contributed by atoms with van der Waals surface area (Å²) >= 11 is 3.14. The number of fused-ring (bicyclic) bond motifs is 1. The first-order chi connectivity index (χ1) is 10.9. The zero-order valence-electron chi connectivity index (χ0n) is 12.7. The van der Waals surface area contributed by atoms with E-state index in [4.69, 9.17) is 14.2 Å². The van der Waals surface area contributed by atoms with E-state index in [2.05, 4.69) is 15.9 Å². The molecule has 0 N–H and O–H groups in total. The Morgan fingerprint density at radius 3 is 2.09 bits per heavy atom. The molecule has 0 amide bonds. The molecule has 0 atom stereocenters.